The van der Waals surface area contributed by atoms with Crippen molar-refractivity contribution < 1.29 is 23.1 Å². The van der Waals surface area contributed by atoms with E-state index in [1.807, 2.05) is 41.1 Å². The van der Waals surface area contributed by atoms with Gasteiger partial charge in [0, 0.05) is 53.2 Å². The average molecular weight is 514 g/mol. The SMILES string of the molecule is O=C(O)CCn1cc(CCNS(=O)(=O)c2ccc(Cl)cc2)c2cc(OCc3cccnc3)ccc21. The lowest BCUT2D eigenvalue weighted by molar-refractivity contribution is -0.137. The van der Waals surface area contributed by atoms with Crippen molar-refractivity contribution in [2.75, 3.05) is 6.54 Å². The fourth-order valence-corrected chi connectivity index (χ4v) is 4.87. The lowest BCUT2D eigenvalue weighted by atomic mass is 10.1. The van der Waals surface area contributed by atoms with Gasteiger partial charge in [0.2, 0.25) is 10.0 Å². The van der Waals surface area contributed by atoms with Gasteiger partial charge in [-0.1, -0.05) is 17.7 Å². The van der Waals surface area contributed by atoms with Crippen LogP contribution in [0.5, 0.6) is 5.75 Å². The molecular formula is C25H24ClN3O5S. The van der Waals surface area contributed by atoms with E-state index in [9.17, 15) is 13.2 Å². The van der Waals surface area contributed by atoms with E-state index < -0.39 is 16.0 Å². The fourth-order valence-electron chi connectivity index (χ4n) is 3.71. The molecule has 0 unspecified atom stereocenters. The average Bonchev–Trinajstić information content (AvgIpc) is 3.19. The van der Waals surface area contributed by atoms with Crippen molar-refractivity contribution in [1.29, 1.82) is 0 Å². The summed E-state index contributed by atoms with van der Waals surface area (Å²) in [4.78, 5) is 15.3. The number of carbonyl (C=O) groups is 1. The van der Waals surface area contributed by atoms with E-state index >= 15 is 0 Å². The molecule has 0 saturated heterocycles. The minimum absolute atomic E-state index is 0.0221. The number of aryl methyl sites for hydroxylation is 1. The predicted molar refractivity (Wildman–Crippen MR) is 133 cm³/mol. The number of aliphatic carboxylic acids is 1. The van der Waals surface area contributed by atoms with Gasteiger partial charge in [-0.05, 0) is 60.5 Å². The predicted octanol–water partition coefficient (Wildman–Crippen LogP) is 4.26. The number of aromatic nitrogens is 2. The Morgan fingerprint density at radius 3 is 2.66 bits per heavy atom. The van der Waals surface area contributed by atoms with Crippen molar-refractivity contribution >= 4 is 38.5 Å². The number of carboxylic acid groups (broad SMARTS) is 1. The van der Waals surface area contributed by atoms with Crippen molar-refractivity contribution in [3.05, 3.63) is 89.3 Å². The van der Waals surface area contributed by atoms with Crippen LogP contribution < -0.4 is 9.46 Å². The number of hydrogen-bond donors (Lipinski definition) is 2. The number of fused-ring (bicyclic) bond motifs is 1. The highest BCUT2D eigenvalue weighted by atomic mass is 35.5. The van der Waals surface area contributed by atoms with Gasteiger partial charge in [-0.3, -0.25) is 9.78 Å². The molecule has 0 amide bonds. The summed E-state index contributed by atoms with van der Waals surface area (Å²) in [7, 11) is -3.69. The van der Waals surface area contributed by atoms with Crippen LogP contribution in [0.15, 0.2) is 78.1 Å². The molecule has 0 bridgehead atoms. The fraction of sp³-hybridized carbons (Fsp3) is 0.200. The highest BCUT2D eigenvalue weighted by molar-refractivity contribution is 7.89. The summed E-state index contributed by atoms with van der Waals surface area (Å²) in [5.41, 5.74) is 2.68. The Labute approximate surface area is 208 Å². The lowest BCUT2D eigenvalue weighted by Gasteiger charge is -2.08. The summed E-state index contributed by atoms with van der Waals surface area (Å²) >= 11 is 5.85. The van der Waals surface area contributed by atoms with Crippen LogP contribution in [0, 0.1) is 0 Å². The number of benzene rings is 2. The van der Waals surface area contributed by atoms with Crippen molar-refractivity contribution in [3.63, 3.8) is 0 Å². The Hall–Kier alpha value is -3.40. The number of sulfonamides is 1. The van der Waals surface area contributed by atoms with Gasteiger partial charge in [-0.15, -0.1) is 0 Å². The van der Waals surface area contributed by atoms with Crippen LogP contribution in [0.4, 0.5) is 0 Å². The lowest BCUT2D eigenvalue weighted by Crippen LogP contribution is -2.25. The Morgan fingerprint density at radius 2 is 1.94 bits per heavy atom. The van der Waals surface area contributed by atoms with Gasteiger partial charge in [0.25, 0.3) is 0 Å². The third kappa shape index (κ3) is 6.39. The number of ether oxygens (including phenoxy) is 1. The van der Waals surface area contributed by atoms with Crippen molar-refractivity contribution in [2.45, 2.75) is 30.9 Å². The molecule has 4 aromatic rings. The van der Waals surface area contributed by atoms with Gasteiger partial charge in [-0.25, -0.2) is 13.1 Å². The standard InChI is InChI=1S/C25H24ClN3O5S/c26-20-3-6-22(7-4-20)35(32,33)28-12-9-19-16-29(13-10-25(30)31)24-8-5-21(14-23(19)24)34-17-18-2-1-11-27-15-18/h1-8,11,14-16,28H,9-10,12-13,17H2,(H,30,31). The van der Waals surface area contributed by atoms with Gasteiger partial charge in [0.1, 0.15) is 12.4 Å². The van der Waals surface area contributed by atoms with Crippen LogP contribution in [-0.2, 0) is 34.4 Å². The third-order valence-electron chi connectivity index (χ3n) is 5.44. The van der Waals surface area contributed by atoms with Crippen molar-refractivity contribution in [3.8, 4) is 5.75 Å². The number of nitrogens with one attached hydrogen (secondary N) is 1. The smallest absolute Gasteiger partial charge is 0.305 e. The molecule has 0 aliphatic rings. The second-order valence-electron chi connectivity index (χ2n) is 7.92. The molecule has 10 heteroatoms. The summed E-state index contributed by atoms with van der Waals surface area (Å²) < 4.78 is 35.6. The van der Waals surface area contributed by atoms with Gasteiger partial charge < -0.3 is 14.4 Å². The normalized spacial score (nSPS) is 11.6. The second kappa shape index (κ2) is 10.9. The van der Waals surface area contributed by atoms with E-state index in [0.717, 1.165) is 22.0 Å². The zero-order valence-corrected chi connectivity index (χ0v) is 20.3. The van der Waals surface area contributed by atoms with Crippen LogP contribution in [0.1, 0.15) is 17.5 Å². The highest BCUT2D eigenvalue weighted by Crippen LogP contribution is 2.27. The van der Waals surface area contributed by atoms with Crippen LogP contribution in [0.3, 0.4) is 0 Å². The molecule has 0 saturated carbocycles. The quantitative estimate of drug-likeness (QED) is 0.310. The number of nitrogens with zero attached hydrogens (tertiary/aromatic N) is 2. The Balaban J connectivity index is 1.53. The molecular weight excluding hydrogens is 490 g/mol. The maximum atomic E-state index is 12.6. The van der Waals surface area contributed by atoms with Crippen molar-refractivity contribution in [2.24, 2.45) is 0 Å². The molecule has 2 heterocycles. The number of carboxylic acids is 1. The van der Waals surface area contributed by atoms with E-state index in [1.165, 1.54) is 24.3 Å². The monoisotopic (exact) mass is 513 g/mol. The van der Waals surface area contributed by atoms with E-state index in [1.54, 1.807) is 12.4 Å². The van der Waals surface area contributed by atoms with Gasteiger partial charge in [0.05, 0.1) is 11.3 Å². The molecule has 2 aromatic carbocycles. The molecule has 35 heavy (non-hydrogen) atoms. The molecule has 8 nitrogen and oxygen atoms in total. The molecule has 0 atom stereocenters. The van der Waals surface area contributed by atoms with Gasteiger partial charge in [0.15, 0.2) is 0 Å². The summed E-state index contributed by atoms with van der Waals surface area (Å²) in [6.07, 6.45) is 5.69. The number of hydrogen-bond acceptors (Lipinski definition) is 5. The molecule has 0 aliphatic carbocycles. The molecule has 2 aromatic heterocycles. The molecule has 4 rings (SSSR count). The minimum atomic E-state index is -3.69. The second-order valence-corrected chi connectivity index (χ2v) is 10.1. The highest BCUT2D eigenvalue weighted by Gasteiger charge is 2.15. The zero-order valence-electron chi connectivity index (χ0n) is 18.7. The molecule has 0 aliphatic heterocycles. The minimum Gasteiger partial charge on any atom is -0.489 e. The molecule has 2 N–H and O–H groups in total. The zero-order chi connectivity index (χ0) is 24.8. The van der Waals surface area contributed by atoms with E-state index in [-0.39, 0.29) is 17.9 Å². The summed E-state index contributed by atoms with van der Waals surface area (Å²) in [6, 6.07) is 15.3. The Kier molecular flexibility index (Phi) is 7.70. The van der Waals surface area contributed by atoms with E-state index in [0.29, 0.717) is 30.3 Å². The van der Waals surface area contributed by atoms with Gasteiger partial charge in [-0.2, -0.15) is 0 Å². The van der Waals surface area contributed by atoms with E-state index in [2.05, 4.69) is 9.71 Å². The molecule has 182 valence electrons. The topological polar surface area (TPSA) is 111 Å². The van der Waals surface area contributed by atoms with E-state index in [4.69, 9.17) is 21.4 Å². The maximum absolute atomic E-state index is 12.6. The largest absolute Gasteiger partial charge is 0.489 e. The first-order chi connectivity index (χ1) is 16.8. The first kappa shape index (κ1) is 24.7. The first-order valence-electron chi connectivity index (χ1n) is 10.9. The third-order valence-corrected chi connectivity index (χ3v) is 7.17. The summed E-state index contributed by atoms with van der Waals surface area (Å²) in [5.74, 6) is -0.235. The number of rotatable bonds is 11. The summed E-state index contributed by atoms with van der Waals surface area (Å²) in [5, 5.41) is 10.4. The van der Waals surface area contributed by atoms with Gasteiger partial charge >= 0.3 is 5.97 Å². The Bertz CT molecular complexity index is 1420. The number of halogens is 1. The van der Waals surface area contributed by atoms with Crippen LogP contribution in [0.25, 0.3) is 10.9 Å². The molecule has 0 fully saturated rings. The summed E-state index contributed by atoms with van der Waals surface area (Å²) in [6.45, 7) is 0.831. The first-order valence-corrected chi connectivity index (χ1v) is 12.8. The van der Waals surface area contributed by atoms with Crippen molar-refractivity contribution in [1.82, 2.24) is 14.3 Å². The Morgan fingerprint density at radius 1 is 1.14 bits per heavy atom. The van der Waals surface area contributed by atoms with Crippen LogP contribution in [0.2, 0.25) is 5.02 Å². The van der Waals surface area contributed by atoms with Crippen LogP contribution >= 0.6 is 11.6 Å². The number of pyridine rings is 1. The molecule has 0 spiro atoms. The van der Waals surface area contributed by atoms with Crippen LogP contribution in [-0.4, -0.2) is 35.6 Å². The molecule has 0 radical (unpaired) electrons. The maximum Gasteiger partial charge on any atom is 0.305 e.